The van der Waals surface area contributed by atoms with E-state index in [1.165, 1.54) is 18.7 Å². The molecule has 0 spiro atoms. The van der Waals surface area contributed by atoms with Crippen molar-refractivity contribution in [3.63, 3.8) is 0 Å². The first-order valence-electron chi connectivity index (χ1n) is 11.6. The van der Waals surface area contributed by atoms with Gasteiger partial charge in [0.2, 0.25) is 15.9 Å². The Labute approximate surface area is 208 Å². The van der Waals surface area contributed by atoms with E-state index in [9.17, 15) is 13.2 Å². The van der Waals surface area contributed by atoms with Gasteiger partial charge in [-0.2, -0.15) is 4.72 Å². The zero-order valence-corrected chi connectivity index (χ0v) is 22.0. The second kappa shape index (κ2) is 11.1. The van der Waals surface area contributed by atoms with Crippen molar-refractivity contribution in [2.75, 3.05) is 7.11 Å². The summed E-state index contributed by atoms with van der Waals surface area (Å²) in [4.78, 5) is 13.5. The summed E-state index contributed by atoms with van der Waals surface area (Å²) in [6.45, 7) is 9.80. The van der Waals surface area contributed by atoms with Crippen LogP contribution >= 0.6 is 0 Å². The van der Waals surface area contributed by atoms with Crippen LogP contribution in [0.25, 0.3) is 0 Å². The monoisotopic (exact) mass is 494 g/mol. The van der Waals surface area contributed by atoms with Crippen LogP contribution in [0.1, 0.15) is 46.3 Å². The minimum atomic E-state index is -3.96. The van der Waals surface area contributed by atoms with Gasteiger partial charge in [0, 0.05) is 0 Å². The van der Waals surface area contributed by atoms with Gasteiger partial charge in [-0.1, -0.05) is 42.5 Å². The molecule has 0 heterocycles. The fraction of sp³-hybridized carbons (Fsp3) is 0.321. The second-order valence-electron chi connectivity index (χ2n) is 9.02. The van der Waals surface area contributed by atoms with Crippen LogP contribution in [-0.2, 0) is 21.2 Å². The molecule has 0 unspecified atom stereocenters. The van der Waals surface area contributed by atoms with Crippen LogP contribution < -0.4 is 14.8 Å². The van der Waals surface area contributed by atoms with Gasteiger partial charge in [-0.05, 0) is 92.6 Å². The Kier molecular flexibility index (Phi) is 8.35. The molecule has 0 fully saturated rings. The number of methoxy groups -OCH3 is 1. The molecule has 0 saturated carbocycles. The predicted molar refractivity (Wildman–Crippen MR) is 139 cm³/mol. The Morgan fingerprint density at radius 1 is 0.886 bits per heavy atom. The van der Waals surface area contributed by atoms with Gasteiger partial charge < -0.3 is 10.1 Å². The molecule has 6 nitrogen and oxygen atoms in total. The highest BCUT2D eigenvalue weighted by Gasteiger charge is 2.28. The van der Waals surface area contributed by atoms with Crippen molar-refractivity contribution in [1.29, 1.82) is 0 Å². The number of hydrogen-bond donors (Lipinski definition) is 2. The van der Waals surface area contributed by atoms with Crippen LogP contribution in [0.2, 0.25) is 0 Å². The first kappa shape index (κ1) is 26.4. The fourth-order valence-electron chi connectivity index (χ4n) is 4.15. The van der Waals surface area contributed by atoms with Crippen molar-refractivity contribution in [3.8, 4) is 5.75 Å². The second-order valence-corrected chi connectivity index (χ2v) is 10.7. The Balaban J connectivity index is 1.88. The number of aryl methyl sites for hydroxylation is 4. The topological polar surface area (TPSA) is 84.5 Å². The molecule has 0 aromatic heterocycles. The molecular weight excluding hydrogens is 460 g/mol. The normalized spacial score (nSPS) is 13.2. The SMILES string of the molecule is COc1ccc(S(=O)(=O)N[C@@H](Cc2ccccc2)C(=O)N[C@H](C)c2cc(C)c(C)cc2C)cc1C. The lowest BCUT2D eigenvalue weighted by molar-refractivity contribution is -0.123. The van der Waals surface area contributed by atoms with Gasteiger partial charge in [0.15, 0.2) is 0 Å². The van der Waals surface area contributed by atoms with E-state index in [0.29, 0.717) is 11.3 Å². The van der Waals surface area contributed by atoms with E-state index >= 15 is 0 Å². The van der Waals surface area contributed by atoms with Gasteiger partial charge in [0.25, 0.3) is 0 Å². The molecule has 3 rings (SSSR count). The molecule has 0 aliphatic rings. The molecule has 0 aliphatic heterocycles. The number of carbonyl (C=O) groups is 1. The van der Waals surface area contributed by atoms with Crippen LogP contribution in [0.15, 0.2) is 65.6 Å². The van der Waals surface area contributed by atoms with Gasteiger partial charge in [-0.25, -0.2) is 8.42 Å². The lowest BCUT2D eigenvalue weighted by atomic mass is 9.96. The highest BCUT2D eigenvalue weighted by Crippen LogP contribution is 2.23. The number of hydrogen-bond acceptors (Lipinski definition) is 4. The maximum absolute atomic E-state index is 13.4. The number of ether oxygens (including phenoxy) is 1. The first-order valence-corrected chi connectivity index (χ1v) is 13.1. The van der Waals surface area contributed by atoms with Crippen molar-refractivity contribution >= 4 is 15.9 Å². The minimum absolute atomic E-state index is 0.0831. The van der Waals surface area contributed by atoms with Crippen LogP contribution in [-0.4, -0.2) is 27.5 Å². The summed E-state index contributed by atoms with van der Waals surface area (Å²) in [5.74, 6) is 0.216. The lowest BCUT2D eigenvalue weighted by Crippen LogP contribution is -2.48. The van der Waals surface area contributed by atoms with Crippen molar-refractivity contribution in [2.24, 2.45) is 0 Å². The van der Waals surface area contributed by atoms with Gasteiger partial charge in [0.1, 0.15) is 11.8 Å². The molecule has 0 saturated heterocycles. The van der Waals surface area contributed by atoms with Crippen molar-refractivity contribution in [1.82, 2.24) is 10.0 Å². The highest BCUT2D eigenvalue weighted by atomic mass is 32.2. The van der Waals surface area contributed by atoms with Gasteiger partial charge >= 0.3 is 0 Å². The Morgan fingerprint density at radius 2 is 1.54 bits per heavy atom. The van der Waals surface area contributed by atoms with E-state index in [-0.39, 0.29) is 23.3 Å². The van der Waals surface area contributed by atoms with Crippen LogP contribution in [0, 0.1) is 27.7 Å². The zero-order chi connectivity index (χ0) is 25.8. The van der Waals surface area contributed by atoms with Crippen molar-refractivity contribution in [3.05, 3.63) is 94.0 Å². The van der Waals surface area contributed by atoms with Crippen molar-refractivity contribution < 1.29 is 17.9 Å². The molecule has 186 valence electrons. The Bertz CT molecular complexity index is 1300. The molecule has 0 radical (unpaired) electrons. The fourth-order valence-corrected chi connectivity index (χ4v) is 5.43. The molecule has 2 N–H and O–H groups in total. The number of amides is 1. The largest absolute Gasteiger partial charge is 0.496 e. The maximum Gasteiger partial charge on any atom is 0.241 e. The molecular formula is C28H34N2O4S. The predicted octanol–water partition coefficient (Wildman–Crippen LogP) is 4.70. The molecule has 2 atom stereocenters. The van der Waals surface area contributed by atoms with Gasteiger partial charge in [-0.3, -0.25) is 4.79 Å². The quantitative estimate of drug-likeness (QED) is 0.452. The minimum Gasteiger partial charge on any atom is -0.496 e. The molecule has 3 aromatic carbocycles. The third-order valence-electron chi connectivity index (χ3n) is 6.28. The Morgan fingerprint density at radius 3 is 2.17 bits per heavy atom. The summed E-state index contributed by atoms with van der Waals surface area (Å²) in [5, 5.41) is 3.02. The van der Waals surface area contributed by atoms with E-state index in [4.69, 9.17) is 4.74 Å². The van der Waals surface area contributed by atoms with Crippen LogP contribution in [0.3, 0.4) is 0 Å². The third-order valence-corrected chi connectivity index (χ3v) is 7.75. The van der Waals surface area contributed by atoms with Crippen LogP contribution in [0.5, 0.6) is 5.75 Å². The summed E-state index contributed by atoms with van der Waals surface area (Å²) in [6.07, 6.45) is 0.222. The lowest BCUT2D eigenvalue weighted by Gasteiger charge is -2.23. The summed E-state index contributed by atoms with van der Waals surface area (Å²) in [5.41, 5.74) is 5.97. The third kappa shape index (κ3) is 6.50. The summed E-state index contributed by atoms with van der Waals surface area (Å²) < 4.78 is 34.4. The summed E-state index contributed by atoms with van der Waals surface area (Å²) in [7, 11) is -2.42. The smallest absolute Gasteiger partial charge is 0.241 e. The number of sulfonamides is 1. The molecule has 1 amide bonds. The number of nitrogens with one attached hydrogen (secondary N) is 2. The molecule has 35 heavy (non-hydrogen) atoms. The number of rotatable bonds is 9. The average Bonchev–Trinajstić information content (AvgIpc) is 2.81. The highest BCUT2D eigenvalue weighted by molar-refractivity contribution is 7.89. The maximum atomic E-state index is 13.4. The average molecular weight is 495 g/mol. The van der Waals surface area contributed by atoms with Crippen LogP contribution in [0.4, 0.5) is 0 Å². The van der Waals surface area contributed by atoms with E-state index < -0.39 is 16.1 Å². The summed E-state index contributed by atoms with van der Waals surface area (Å²) >= 11 is 0. The summed E-state index contributed by atoms with van der Waals surface area (Å²) in [6, 6.07) is 16.9. The van der Waals surface area contributed by atoms with Gasteiger partial charge in [-0.15, -0.1) is 0 Å². The number of benzene rings is 3. The molecule has 3 aromatic rings. The zero-order valence-electron chi connectivity index (χ0n) is 21.2. The van der Waals surface area contributed by atoms with E-state index in [0.717, 1.165) is 22.3 Å². The van der Waals surface area contributed by atoms with E-state index in [1.54, 1.807) is 19.1 Å². The van der Waals surface area contributed by atoms with Crippen molar-refractivity contribution in [2.45, 2.75) is 58.0 Å². The Hall–Kier alpha value is -3.16. The van der Waals surface area contributed by atoms with Gasteiger partial charge in [0.05, 0.1) is 18.0 Å². The molecule has 0 aliphatic carbocycles. The molecule has 0 bridgehead atoms. The first-order chi connectivity index (χ1) is 16.5. The number of carbonyl (C=O) groups excluding carboxylic acids is 1. The van der Waals surface area contributed by atoms with E-state index in [1.807, 2.05) is 51.1 Å². The molecule has 7 heteroatoms. The standard InChI is InChI=1S/C28H34N2O4S/c1-18-14-20(3)25(16-19(18)2)22(5)29-28(31)26(17-23-10-8-7-9-11-23)30-35(32,33)24-12-13-27(34-6)21(4)15-24/h7-16,22,26,30H,17H2,1-6H3,(H,29,31)/t22-,26+/m1/s1. The van der Waals surface area contributed by atoms with E-state index in [2.05, 4.69) is 29.1 Å².